The lowest BCUT2D eigenvalue weighted by atomic mass is 9.89. The smallest absolute Gasteiger partial charge is 0.260 e. The number of fused-ring (bicyclic) bond motifs is 3. The summed E-state index contributed by atoms with van der Waals surface area (Å²) in [6.45, 7) is 5.08. The fraction of sp³-hybridized carbons (Fsp3) is 0.429. The maximum Gasteiger partial charge on any atom is 0.260 e. The summed E-state index contributed by atoms with van der Waals surface area (Å²) < 4.78 is 13.1. The van der Waals surface area contributed by atoms with E-state index in [0.29, 0.717) is 5.92 Å². The lowest BCUT2D eigenvalue weighted by Crippen LogP contribution is -3.07. The third-order valence-corrected chi connectivity index (χ3v) is 6.88. The first kappa shape index (κ1) is 18.3. The summed E-state index contributed by atoms with van der Waals surface area (Å²) in [6.07, 6.45) is 3.17. The summed E-state index contributed by atoms with van der Waals surface area (Å²) in [5, 5.41) is 0.800. The molecule has 2 aromatic heterocycles. The van der Waals surface area contributed by atoms with Gasteiger partial charge in [0.15, 0.2) is 5.82 Å². The lowest BCUT2D eigenvalue weighted by Gasteiger charge is -2.21. The van der Waals surface area contributed by atoms with Gasteiger partial charge in [0, 0.05) is 10.4 Å². The first-order valence-electron chi connectivity index (χ1n) is 9.53. The van der Waals surface area contributed by atoms with Gasteiger partial charge in [-0.1, -0.05) is 19.1 Å². The SMILES string of the molecule is C[C@@H]1CCc2c(sc3nc([C@H](C)[NH+](C)Cc4ccc(F)cc4)[nH]c(=O)c23)C1. The van der Waals surface area contributed by atoms with Crippen molar-refractivity contribution in [2.45, 2.75) is 45.7 Å². The molecular weight excluding hydrogens is 361 g/mol. The number of H-pyrrole nitrogens is 1. The zero-order chi connectivity index (χ0) is 19.1. The molecule has 0 bridgehead atoms. The highest BCUT2D eigenvalue weighted by atomic mass is 32.1. The van der Waals surface area contributed by atoms with Gasteiger partial charge >= 0.3 is 0 Å². The Morgan fingerprint density at radius 1 is 1.37 bits per heavy atom. The van der Waals surface area contributed by atoms with E-state index < -0.39 is 0 Å². The molecule has 0 amide bonds. The molecule has 0 radical (unpaired) electrons. The summed E-state index contributed by atoms with van der Waals surface area (Å²) in [4.78, 5) is 24.0. The van der Waals surface area contributed by atoms with Crippen LogP contribution in [-0.2, 0) is 19.4 Å². The number of hydrogen-bond acceptors (Lipinski definition) is 3. The van der Waals surface area contributed by atoms with Crippen molar-refractivity contribution in [3.63, 3.8) is 0 Å². The van der Waals surface area contributed by atoms with E-state index in [-0.39, 0.29) is 17.4 Å². The summed E-state index contributed by atoms with van der Waals surface area (Å²) >= 11 is 1.68. The van der Waals surface area contributed by atoms with E-state index in [1.54, 1.807) is 23.5 Å². The van der Waals surface area contributed by atoms with Crippen molar-refractivity contribution in [1.29, 1.82) is 0 Å². The summed E-state index contributed by atoms with van der Waals surface area (Å²) in [5.41, 5.74) is 2.27. The van der Waals surface area contributed by atoms with Crippen LogP contribution < -0.4 is 10.5 Å². The van der Waals surface area contributed by atoms with Crippen molar-refractivity contribution < 1.29 is 9.29 Å². The number of benzene rings is 1. The van der Waals surface area contributed by atoms with Gasteiger partial charge in [-0.05, 0) is 49.8 Å². The first-order chi connectivity index (χ1) is 12.9. The van der Waals surface area contributed by atoms with E-state index in [4.69, 9.17) is 4.98 Å². The van der Waals surface area contributed by atoms with E-state index in [0.717, 1.165) is 47.4 Å². The van der Waals surface area contributed by atoms with Crippen LogP contribution >= 0.6 is 11.3 Å². The molecular formula is C21H25FN3OS+. The van der Waals surface area contributed by atoms with Crippen molar-refractivity contribution >= 4 is 21.6 Å². The number of aromatic amines is 1. The number of thiophene rings is 1. The highest BCUT2D eigenvalue weighted by molar-refractivity contribution is 7.18. The van der Waals surface area contributed by atoms with Crippen LogP contribution in [0.2, 0.25) is 0 Å². The summed E-state index contributed by atoms with van der Waals surface area (Å²) in [6, 6.07) is 6.61. The molecule has 3 atom stereocenters. The first-order valence-corrected chi connectivity index (χ1v) is 10.3. The average Bonchev–Trinajstić information content (AvgIpc) is 3.00. The molecule has 4 nitrogen and oxygen atoms in total. The van der Waals surface area contributed by atoms with Crippen LogP contribution in [0, 0.1) is 11.7 Å². The van der Waals surface area contributed by atoms with Crippen LogP contribution in [0.15, 0.2) is 29.1 Å². The van der Waals surface area contributed by atoms with E-state index in [2.05, 4.69) is 25.9 Å². The highest BCUT2D eigenvalue weighted by Crippen LogP contribution is 2.35. The third-order valence-electron chi connectivity index (χ3n) is 5.73. The summed E-state index contributed by atoms with van der Waals surface area (Å²) in [7, 11) is 2.07. The maximum atomic E-state index is 13.1. The molecule has 1 unspecified atom stereocenters. The van der Waals surface area contributed by atoms with Crippen molar-refractivity contribution in [2.24, 2.45) is 5.92 Å². The number of aryl methyl sites for hydroxylation is 1. The Hall–Kier alpha value is -2.05. The van der Waals surface area contributed by atoms with Crippen molar-refractivity contribution in [1.82, 2.24) is 9.97 Å². The minimum atomic E-state index is -0.225. The van der Waals surface area contributed by atoms with Crippen molar-refractivity contribution in [3.8, 4) is 0 Å². The van der Waals surface area contributed by atoms with Crippen molar-refractivity contribution in [2.75, 3.05) is 7.05 Å². The highest BCUT2D eigenvalue weighted by Gasteiger charge is 2.25. The second-order valence-corrected chi connectivity index (χ2v) is 8.94. The molecule has 0 spiro atoms. The van der Waals surface area contributed by atoms with Crippen LogP contribution in [0.1, 0.15) is 48.1 Å². The molecule has 0 fully saturated rings. The largest absolute Gasteiger partial charge is 0.325 e. The third kappa shape index (κ3) is 3.56. The second-order valence-electron chi connectivity index (χ2n) is 7.85. The molecule has 6 heteroatoms. The quantitative estimate of drug-likeness (QED) is 0.724. The Morgan fingerprint density at radius 2 is 2.11 bits per heavy atom. The van der Waals surface area contributed by atoms with Gasteiger partial charge < -0.3 is 9.88 Å². The standard InChI is InChI=1S/C21H24FN3OS/c1-12-4-9-16-17(10-12)27-21-18(16)20(26)23-19(24-21)13(2)25(3)11-14-5-7-15(22)8-6-14/h5-8,12-13H,4,9-11H2,1-3H3,(H,23,24,26)/p+1/t12-,13+/m1/s1. The number of nitrogens with zero attached hydrogens (tertiary/aromatic N) is 1. The molecule has 0 saturated carbocycles. The Labute approximate surface area is 162 Å². The Bertz CT molecular complexity index is 1020. The minimum absolute atomic E-state index is 0.0107. The van der Waals surface area contributed by atoms with Crippen LogP contribution in [-0.4, -0.2) is 17.0 Å². The maximum absolute atomic E-state index is 13.1. The predicted molar refractivity (Wildman–Crippen MR) is 107 cm³/mol. The van der Waals surface area contributed by atoms with E-state index >= 15 is 0 Å². The van der Waals surface area contributed by atoms with Crippen LogP contribution in [0.5, 0.6) is 0 Å². The van der Waals surface area contributed by atoms with Gasteiger partial charge in [0.1, 0.15) is 23.2 Å². The molecule has 1 aliphatic carbocycles. The molecule has 1 aliphatic rings. The van der Waals surface area contributed by atoms with E-state index in [1.165, 1.54) is 27.5 Å². The predicted octanol–water partition coefficient (Wildman–Crippen LogP) is 3.02. The Balaban J connectivity index is 1.63. The number of halogens is 1. The van der Waals surface area contributed by atoms with Crippen LogP contribution in [0.25, 0.3) is 10.2 Å². The molecule has 0 saturated heterocycles. The van der Waals surface area contributed by atoms with E-state index in [9.17, 15) is 9.18 Å². The molecule has 142 valence electrons. The Kier molecular flexibility index (Phi) is 4.86. The van der Waals surface area contributed by atoms with E-state index in [1.807, 2.05) is 0 Å². The van der Waals surface area contributed by atoms with Crippen molar-refractivity contribution in [3.05, 3.63) is 62.3 Å². The van der Waals surface area contributed by atoms with Gasteiger partial charge in [-0.2, -0.15) is 0 Å². The Morgan fingerprint density at radius 3 is 2.85 bits per heavy atom. The molecule has 4 rings (SSSR count). The average molecular weight is 387 g/mol. The number of rotatable bonds is 4. The normalized spacial score (nSPS) is 19.0. The molecule has 2 heterocycles. The molecule has 27 heavy (non-hydrogen) atoms. The molecule has 2 N–H and O–H groups in total. The number of aromatic nitrogens is 2. The van der Waals surface area contributed by atoms with Gasteiger partial charge in [0.2, 0.25) is 0 Å². The van der Waals surface area contributed by atoms with Crippen LogP contribution in [0.3, 0.4) is 0 Å². The number of nitrogens with one attached hydrogen (secondary N) is 2. The molecule has 1 aromatic carbocycles. The topological polar surface area (TPSA) is 50.2 Å². The zero-order valence-electron chi connectivity index (χ0n) is 15.9. The number of hydrogen-bond donors (Lipinski definition) is 2. The van der Waals surface area contributed by atoms with Gasteiger partial charge in [0.05, 0.1) is 12.4 Å². The monoisotopic (exact) mass is 386 g/mol. The number of quaternary nitrogens is 1. The fourth-order valence-electron chi connectivity index (χ4n) is 3.88. The van der Waals surface area contributed by atoms with Gasteiger partial charge in [-0.25, -0.2) is 9.37 Å². The van der Waals surface area contributed by atoms with Gasteiger partial charge in [-0.15, -0.1) is 11.3 Å². The fourth-order valence-corrected chi connectivity index (χ4v) is 5.27. The minimum Gasteiger partial charge on any atom is -0.325 e. The van der Waals surface area contributed by atoms with Gasteiger partial charge in [-0.3, -0.25) is 4.79 Å². The lowest BCUT2D eigenvalue weighted by molar-refractivity contribution is -0.924. The zero-order valence-corrected chi connectivity index (χ0v) is 16.8. The molecule has 0 aliphatic heterocycles. The van der Waals surface area contributed by atoms with Crippen LogP contribution in [0.4, 0.5) is 4.39 Å². The summed E-state index contributed by atoms with van der Waals surface area (Å²) in [5.74, 6) is 1.17. The molecule has 3 aromatic rings. The second kappa shape index (κ2) is 7.17. The van der Waals surface area contributed by atoms with Gasteiger partial charge in [0.25, 0.3) is 5.56 Å².